The predicted molar refractivity (Wildman–Crippen MR) is 105 cm³/mol. The molecule has 0 atom stereocenters. The molecule has 0 spiro atoms. The highest BCUT2D eigenvalue weighted by Crippen LogP contribution is 2.20. The summed E-state index contributed by atoms with van der Waals surface area (Å²) in [6, 6.07) is 5.90. The first-order valence-electron chi connectivity index (χ1n) is 8.46. The minimum Gasteiger partial charge on any atom is -0.387 e. The molecule has 4 nitrogen and oxygen atoms in total. The van der Waals surface area contributed by atoms with Crippen LogP contribution in [-0.4, -0.2) is 22.0 Å². The van der Waals surface area contributed by atoms with Gasteiger partial charge in [0.1, 0.15) is 5.69 Å². The fourth-order valence-corrected chi connectivity index (χ4v) is 2.22. The number of fused-ring (bicyclic) bond motifs is 1. The number of nitrogens with zero attached hydrogens (tertiary/aromatic N) is 3. The normalized spacial score (nSPS) is 9.64. The van der Waals surface area contributed by atoms with E-state index in [2.05, 4.69) is 46.0 Å². The van der Waals surface area contributed by atoms with E-state index in [1.807, 2.05) is 51.5 Å². The number of pyridine rings is 3. The summed E-state index contributed by atoms with van der Waals surface area (Å²) in [4.78, 5) is 13.1. The second-order valence-electron chi connectivity index (χ2n) is 5.77. The van der Waals surface area contributed by atoms with Crippen molar-refractivity contribution in [2.24, 2.45) is 0 Å². The van der Waals surface area contributed by atoms with Gasteiger partial charge in [0.25, 0.3) is 0 Å². The molecule has 0 saturated heterocycles. The molecule has 0 unspecified atom stereocenters. The molecule has 0 aliphatic heterocycles. The lowest BCUT2D eigenvalue weighted by molar-refractivity contribution is 1.09. The molecule has 3 aromatic rings. The van der Waals surface area contributed by atoms with Crippen molar-refractivity contribution < 1.29 is 0 Å². The minimum atomic E-state index is 0.735. The average molecular weight is 332 g/mol. The maximum absolute atomic E-state index is 4.40. The van der Waals surface area contributed by atoms with Crippen LogP contribution in [0.4, 0.5) is 5.69 Å². The van der Waals surface area contributed by atoms with Crippen LogP contribution < -0.4 is 5.32 Å². The van der Waals surface area contributed by atoms with E-state index in [0.717, 1.165) is 39.1 Å². The van der Waals surface area contributed by atoms with Crippen molar-refractivity contribution in [1.29, 1.82) is 0 Å². The van der Waals surface area contributed by atoms with Gasteiger partial charge in [-0.25, -0.2) is 4.98 Å². The summed E-state index contributed by atoms with van der Waals surface area (Å²) in [6.45, 7) is 8.21. The van der Waals surface area contributed by atoms with Crippen molar-refractivity contribution in [2.45, 2.75) is 34.1 Å². The van der Waals surface area contributed by atoms with Gasteiger partial charge in [0.2, 0.25) is 0 Å². The monoisotopic (exact) mass is 332 g/mol. The van der Waals surface area contributed by atoms with E-state index in [-0.39, 0.29) is 0 Å². The van der Waals surface area contributed by atoms with E-state index in [4.69, 9.17) is 0 Å². The molecular weight excluding hydrogens is 308 g/mol. The summed E-state index contributed by atoms with van der Waals surface area (Å²) in [5, 5.41) is 5.16. The Morgan fingerprint density at radius 1 is 0.920 bits per heavy atom. The summed E-state index contributed by atoms with van der Waals surface area (Å²) in [7, 11) is 1.86. The third-order valence-corrected chi connectivity index (χ3v) is 3.49. The lowest BCUT2D eigenvalue weighted by Crippen LogP contribution is -1.92. The molecule has 0 bridgehead atoms. The molecule has 128 valence electrons. The van der Waals surface area contributed by atoms with E-state index in [1.54, 1.807) is 6.20 Å². The molecule has 0 radical (unpaired) electrons. The van der Waals surface area contributed by atoms with Crippen molar-refractivity contribution in [1.82, 2.24) is 15.0 Å². The number of aromatic nitrogens is 3. The van der Waals surface area contributed by atoms with Crippen LogP contribution >= 0.6 is 0 Å². The van der Waals surface area contributed by atoms with Gasteiger partial charge in [-0.1, -0.05) is 26.2 Å². The summed E-state index contributed by atoms with van der Waals surface area (Å²) < 4.78 is 0. The smallest absolute Gasteiger partial charge is 0.113 e. The number of aryl methyl sites for hydroxylation is 2. The third-order valence-electron chi connectivity index (χ3n) is 3.49. The fraction of sp³-hybridized carbons (Fsp3) is 0.286. The lowest BCUT2D eigenvalue weighted by atomic mass is 10.1. The first-order chi connectivity index (χ1) is 12.1. The molecule has 0 aliphatic carbocycles. The topological polar surface area (TPSA) is 50.7 Å². The van der Waals surface area contributed by atoms with Crippen molar-refractivity contribution in [3.63, 3.8) is 0 Å². The Morgan fingerprint density at radius 3 is 2.32 bits per heavy atom. The molecule has 0 amide bonds. The second-order valence-corrected chi connectivity index (χ2v) is 5.77. The molecular formula is C21H24N4. The number of hydrogen-bond donors (Lipinski definition) is 1. The predicted octanol–water partition coefficient (Wildman–Crippen LogP) is 4.50. The van der Waals surface area contributed by atoms with Crippen LogP contribution in [0, 0.1) is 25.7 Å². The minimum absolute atomic E-state index is 0.735. The molecule has 0 fully saturated rings. The summed E-state index contributed by atoms with van der Waals surface area (Å²) >= 11 is 0. The van der Waals surface area contributed by atoms with Crippen molar-refractivity contribution in [3.05, 3.63) is 59.4 Å². The molecule has 0 aliphatic rings. The molecule has 25 heavy (non-hydrogen) atoms. The second kappa shape index (κ2) is 8.79. The van der Waals surface area contributed by atoms with Gasteiger partial charge in [0, 0.05) is 41.6 Å². The van der Waals surface area contributed by atoms with Crippen molar-refractivity contribution >= 4 is 16.5 Å². The highest BCUT2D eigenvalue weighted by atomic mass is 14.8. The number of rotatable bonds is 1. The quantitative estimate of drug-likeness (QED) is 0.667. The highest BCUT2D eigenvalue weighted by Gasteiger charge is 2.04. The third kappa shape index (κ3) is 4.77. The Morgan fingerprint density at radius 2 is 1.68 bits per heavy atom. The Hall–Kier alpha value is -2.93. The van der Waals surface area contributed by atoms with Gasteiger partial charge in [0.15, 0.2) is 0 Å². The molecule has 3 rings (SSSR count). The van der Waals surface area contributed by atoms with Gasteiger partial charge in [-0.2, -0.15) is 0 Å². The maximum atomic E-state index is 4.40. The van der Waals surface area contributed by atoms with Gasteiger partial charge in [0.05, 0.1) is 17.4 Å². The first-order valence-corrected chi connectivity index (χ1v) is 8.46. The summed E-state index contributed by atoms with van der Waals surface area (Å²) in [5.74, 6) is 6.27. The summed E-state index contributed by atoms with van der Waals surface area (Å²) in [5.41, 5.74) is 4.53. The molecule has 0 saturated carbocycles. The van der Waals surface area contributed by atoms with E-state index >= 15 is 0 Å². The van der Waals surface area contributed by atoms with Gasteiger partial charge in [-0.15, -0.1) is 0 Å². The summed E-state index contributed by atoms with van der Waals surface area (Å²) in [6.07, 6.45) is 6.69. The molecule has 3 heterocycles. The molecule has 1 N–H and O–H groups in total. The number of anilines is 1. The van der Waals surface area contributed by atoms with Gasteiger partial charge in [-0.3, -0.25) is 9.97 Å². The van der Waals surface area contributed by atoms with Crippen LogP contribution in [0.15, 0.2) is 36.8 Å². The van der Waals surface area contributed by atoms with Crippen LogP contribution in [0.1, 0.15) is 42.9 Å². The first kappa shape index (κ1) is 18.4. The molecule has 3 aromatic heterocycles. The van der Waals surface area contributed by atoms with Crippen LogP contribution in [0.2, 0.25) is 0 Å². The maximum Gasteiger partial charge on any atom is 0.113 e. The Balaban J connectivity index is 0.000000701. The van der Waals surface area contributed by atoms with Gasteiger partial charge < -0.3 is 5.32 Å². The zero-order valence-corrected chi connectivity index (χ0v) is 15.5. The van der Waals surface area contributed by atoms with Crippen LogP contribution in [0.3, 0.4) is 0 Å². The zero-order valence-electron chi connectivity index (χ0n) is 15.5. The Kier molecular flexibility index (Phi) is 6.47. The number of nitrogens with one attached hydrogen (secondary N) is 1. The standard InChI is InChI=1S/C18H16N4.C3H8/c1-12-8-17-14(9-21-13(2)18(17)11-20-12)4-5-15-6-7-16(19-3)10-22-15;1-3-2/h6-11,19H,1-3H3;3H2,1-2H3. The molecule has 4 heteroatoms. The van der Waals surface area contributed by atoms with Gasteiger partial charge in [-0.05, 0) is 38.0 Å². The SMILES string of the molecule is CCC.CNc1ccc(C#Cc2cnc(C)c3cnc(C)cc23)nc1. The van der Waals surface area contributed by atoms with E-state index in [1.165, 1.54) is 6.42 Å². The average Bonchev–Trinajstić information content (AvgIpc) is 2.62. The van der Waals surface area contributed by atoms with E-state index in [0.29, 0.717) is 0 Å². The van der Waals surface area contributed by atoms with Crippen molar-refractivity contribution in [2.75, 3.05) is 12.4 Å². The fourth-order valence-electron chi connectivity index (χ4n) is 2.22. The van der Waals surface area contributed by atoms with Gasteiger partial charge >= 0.3 is 0 Å². The Labute approximate surface area is 149 Å². The van der Waals surface area contributed by atoms with E-state index < -0.39 is 0 Å². The largest absolute Gasteiger partial charge is 0.387 e. The zero-order chi connectivity index (χ0) is 18.2. The van der Waals surface area contributed by atoms with E-state index in [9.17, 15) is 0 Å². The lowest BCUT2D eigenvalue weighted by Gasteiger charge is -2.04. The number of hydrogen-bond acceptors (Lipinski definition) is 4. The Bertz CT molecular complexity index is 903. The van der Waals surface area contributed by atoms with Crippen LogP contribution in [-0.2, 0) is 0 Å². The molecule has 0 aromatic carbocycles. The van der Waals surface area contributed by atoms with Crippen LogP contribution in [0.25, 0.3) is 10.8 Å². The van der Waals surface area contributed by atoms with Crippen LogP contribution in [0.5, 0.6) is 0 Å². The van der Waals surface area contributed by atoms with Crippen molar-refractivity contribution in [3.8, 4) is 11.8 Å². The highest BCUT2D eigenvalue weighted by molar-refractivity contribution is 5.89.